The zero-order valence-corrected chi connectivity index (χ0v) is 15.5. The minimum Gasteiger partial charge on any atom is -0.347 e. The highest BCUT2D eigenvalue weighted by Crippen LogP contribution is 2.24. The third kappa shape index (κ3) is 4.49. The number of carbonyl (C=O) groups is 3. The second-order valence-corrected chi connectivity index (χ2v) is 6.93. The molecule has 0 saturated carbocycles. The largest absolute Gasteiger partial charge is 0.347 e. The van der Waals surface area contributed by atoms with E-state index in [1.54, 1.807) is 23.1 Å². The summed E-state index contributed by atoms with van der Waals surface area (Å²) in [5.41, 5.74) is 1.42. The van der Waals surface area contributed by atoms with E-state index in [1.165, 1.54) is 0 Å². The van der Waals surface area contributed by atoms with E-state index in [1.807, 2.05) is 36.4 Å². The molecular formula is C19H18BrN3O3. The number of benzene rings is 2. The van der Waals surface area contributed by atoms with Crippen LogP contribution >= 0.6 is 15.9 Å². The monoisotopic (exact) mass is 415 g/mol. The van der Waals surface area contributed by atoms with Gasteiger partial charge in [0.2, 0.25) is 17.7 Å². The number of amides is 3. The Morgan fingerprint density at radius 1 is 1.12 bits per heavy atom. The lowest BCUT2D eigenvalue weighted by atomic mass is 10.1. The Morgan fingerprint density at radius 3 is 2.62 bits per heavy atom. The molecule has 2 aromatic carbocycles. The molecule has 0 bridgehead atoms. The van der Waals surface area contributed by atoms with Crippen molar-refractivity contribution >= 4 is 45.0 Å². The van der Waals surface area contributed by atoms with E-state index in [2.05, 4.69) is 26.6 Å². The molecule has 0 aromatic heterocycles. The molecule has 134 valence electrons. The van der Waals surface area contributed by atoms with Crippen LogP contribution in [0.2, 0.25) is 0 Å². The lowest BCUT2D eigenvalue weighted by molar-refractivity contribution is -0.127. The zero-order valence-electron chi connectivity index (χ0n) is 13.9. The van der Waals surface area contributed by atoms with Crippen molar-refractivity contribution in [3.63, 3.8) is 0 Å². The fraction of sp³-hybridized carbons (Fsp3) is 0.211. The molecule has 1 fully saturated rings. The molecule has 1 aliphatic heterocycles. The van der Waals surface area contributed by atoms with Gasteiger partial charge in [-0.15, -0.1) is 0 Å². The summed E-state index contributed by atoms with van der Waals surface area (Å²) in [6.07, 6.45) is 0.147. The quantitative estimate of drug-likeness (QED) is 0.787. The van der Waals surface area contributed by atoms with Crippen molar-refractivity contribution in [1.29, 1.82) is 0 Å². The minimum absolute atomic E-state index is 0.0880. The lowest BCUT2D eigenvalue weighted by Crippen LogP contribution is -2.37. The number of para-hydroxylation sites is 1. The van der Waals surface area contributed by atoms with Gasteiger partial charge in [-0.2, -0.15) is 0 Å². The molecule has 3 rings (SSSR count). The van der Waals surface area contributed by atoms with Gasteiger partial charge in [0.15, 0.2) is 0 Å². The molecule has 26 heavy (non-hydrogen) atoms. The highest BCUT2D eigenvalue weighted by molar-refractivity contribution is 9.10. The van der Waals surface area contributed by atoms with Gasteiger partial charge in [0.05, 0.1) is 12.5 Å². The van der Waals surface area contributed by atoms with E-state index in [0.29, 0.717) is 12.2 Å². The molecule has 0 spiro atoms. The van der Waals surface area contributed by atoms with E-state index in [0.717, 1.165) is 10.2 Å². The highest BCUT2D eigenvalue weighted by atomic mass is 79.9. The summed E-state index contributed by atoms with van der Waals surface area (Å²) >= 11 is 3.33. The summed E-state index contributed by atoms with van der Waals surface area (Å²) in [6, 6.07) is 16.4. The van der Waals surface area contributed by atoms with Crippen LogP contribution in [-0.4, -0.2) is 30.8 Å². The number of anilines is 2. The zero-order chi connectivity index (χ0) is 18.5. The number of hydrogen-bond acceptors (Lipinski definition) is 3. The van der Waals surface area contributed by atoms with E-state index >= 15 is 0 Å². The predicted molar refractivity (Wildman–Crippen MR) is 103 cm³/mol. The van der Waals surface area contributed by atoms with E-state index in [4.69, 9.17) is 0 Å². The Bertz CT molecular complexity index is 826. The van der Waals surface area contributed by atoms with Crippen LogP contribution in [0.3, 0.4) is 0 Å². The number of halogens is 1. The number of hydrogen-bond donors (Lipinski definition) is 2. The first kappa shape index (κ1) is 18.1. The fourth-order valence-corrected chi connectivity index (χ4v) is 3.22. The first-order valence-corrected chi connectivity index (χ1v) is 9.01. The summed E-state index contributed by atoms with van der Waals surface area (Å²) in [4.78, 5) is 38.0. The van der Waals surface area contributed by atoms with Gasteiger partial charge < -0.3 is 15.5 Å². The number of carbonyl (C=O) groups excluding carboxylic acids is 3. The Hall–Kier alpha value is -2.67. The third-order valence-electron chi connectivity index (χ3n) is 4.10. The molecule has 6 nitrogen and oxygen atoms in total. The maximum Gasteiger partial charge on any atom is 0.243 e. The molecule has 0 unspecified atom stereocenters. The van der Waals surface area contributed by atoms with Gasteiger partial charge in [-0.25, -0.2) is 0 Å². The second kappa shape index (κ2) is 8.14. The molecule has 1 heterocycles. The standard InChI is InChI=1S/C19H18BrN3O3/c20-14-5-4-6-15(10-14)22-17(24)11-21-19(26)13-9-18(25)23(12-13)16-7-2-1-3-8-16/h1-8,10,13H,9,11-12H2,(H,21,26)(H,22,24)/t13-/m0/s1. The molecule has 0 radical (unpaired) electrons. The van der Waals surface area contributed by atoms with Crippen molar-refractivity contribution in [2.45, 2.75) is 6.42 Å². The van der Waals surface area contributed by atoms with Crippen molar-refractivity contribution in [1.82, 2.24) is 5.32 Å². The van der Waals surface area contributed by atoms with Crippen molar-refractivity contribution in [3.8, 4) is 0 Å². The van der Waals surface area contributed by atoms with Crippen LogP contribution in [0.15, 0.2) is 59.1 Å². The maximum atomic E-state index is 12.3. The van der Waals surface area contributed by atoms with Gasteiger partial charge in [-0.1, -0.05) is 40.2 Å². The van der Waals surface area contributed by atoms with Crippen LogP contribution in [0.5, 0.6) is 0 Å². The van der Waals surface area contributed by atoms with Crippen LogP contribution < -0.4 is 15.5 Å². The summed E-state index contributed by atoms with van der Waals surface area (Å²) in [7, 11) is 0. The average molecular weight is 416 g/mol. The highest BCUT2D eigenvalue weighted by Gasteiger charge is 2.35. The average Bonchev–Trinajstić information content (AvgIpc) is 3.02. The normalized spacial score (nSPS) is 16.4. The Labute approximate surface area is 159 Å². The minimum atomic E-state index is -0.457. The molecule has 1 atom stereocenters. The number of rotatable bonds is 5. The van der Waals surface area contributed by atoms with Crippen molar-refractivity contribution in [3.05, 3.63) is 59.1 Å². The van der Waals surface area contributed by atoms with Crippen LogP contribution in [0.1, 0.15) is 6.42 Å². The van der Waals surface area contributed by atoms with Gasteiger partial charge in [0.1, 0.15) is 0 Å². The molecule has 2 aromatic rings. The van der Waals surface area contributed by atoms with Crippen LogP contribution in [0, 0.1) is 5.92 Å². The summed E-state index contributed by atoms with van der Waals surface area (Å²) < 4.78 is 0.852. The molecular weight excluding hydrogens is 398 g/mol. The predicted octanol–water partition coefficient (Wildman–Crippen LogP) is 2.56. The fourth-order valence-electron chi connectivity index (χ4n) is 2.82. The topological polar surface area (TPSA) is 78.5 Å². The number of nitrogens with zero attached hydrogens (tertiary/aromatic N) is 1. The van der Waals surface area contributed by atoms with Crippen LogP contribution in [0.25, 0.3) is 0 Å². The molecule has 1 aliphatic rings. The molecule has 1 saturated heterocycles. The summed E-state index contributed by atoms with van der Waals surface area (Å²) in [5.74, 6) is -1.15. The Balaban J connectivity index is 1.51. The Kier molecular flexibility index (Phi) is 5.68. The summed E-state index contributed by atoms with van der Waals surface area (Å²) in [5, 5.41) is 5.32. The SMILES string of the molecule is O=C(CNC(=O)[C@H]1CC(=O)N(c2ccccc2)C1)Nc1cccc(Br)c1. The van der Waals surface area contributed by atoms with Gasteiger partial charge in [0.25, 0.3) is 0 Å². The van der Waals surface area contributed by atoms with E-state index in [-0.39, 0.29) is 30.7 Å². The third-order valence-corrected chi connectivity index (χ3v) is 4.59. The Morgan fingerprint density at radius 2 is 1.88 bits per heavy atom. The smallest absolute Gasteiger partial charge is 0.243 e. The van der Waals surface area contributed by atoms with Gasteiger partial charge in [-0.05, 0) is 30.3 Å². The van der Waals surface area contributed by atoms with Crippen molar-refractivity contribution < 1.29 is 14.4 Å². The molecule has 0 aliphatic carbocycles. The van der Waals surface area contributed by atoms with Gasteiger partial charge in [0, 0.05) is 28.8 Å². The van der Waals surface area contributed by atoms with Crippen LogP contribution in [0.4, 0.5) is 11.4 Å². The van der Waals surface area contributed by atoms with E-state index < -0.39 is 5.92 Å². The van der Waals surface area contributed by atoms with Gasteiger partial charge in [-0.3, -0.25) is 14.4 Å². The van der Waals surface area contributed by atoms with Crippen molar-refractivity contribution in [2.24, 2.45) is 5.92 Å². The maximum absolute atomic E-state index is 12.3. The van der Waals surface area contributed by atoms with E-state index in [9.17, 15) is 14.4 Å². The first-order chi connectivity index (χ1) is 12.5. The first-order valence-electron chi connectivity index (χ1n) is 8.21. The molecule has 2 N–H and O–H groups in total. The lowest BCUT2D eigenvalue weighted by Gasteiger charge is -2.16. The summed E-state index contributed by atoms with van der Waals surface area (Å²) in [6.45, 7) is 0.184. The molecule has 3 amide bonds. The van der Waals surface area contributed by atoms with Crippen molar-refractivity contribution in [2.75, 3.05) is 23.3 Å². The van der Waals surface area contributed by atoms with Crippen LogP contribution in [-0.2, 0) is 14.4 Å². The molecule has 7 heteroatoms. The second-order valence-electron chi connectivity index (χ2n) is 6.02. The van der Waals surface area contributed by atoms with Gasteiger partial charge >= 0.3 is 0 Å². The number of nitrogens with one attached hydrogen (secondary N) is 2.